The van der Waals surface area contributed by atoms with E-state index in [9.17, 15) is 13.2 Å². The van der Waals surface area contributed by atoms with Crippen molar-refractivity contribution in [3.8, 4) is 29.1 Å². The van der Waals surface area contributed by atoms with Gasteiger partial charge in [0.2, 0.25) is 10.0 Å². The van der Waals surface area contributed by atoms with Gasteiger partial charge in [-0.2, -0.15) is 14.8 Å². The number of nitriles is 2. The maximum atomic E-state index is 12.9. The van der Waals surface area contributed by atoms with E-state index in [4.69, 9.17) is 15.3 Å². The van der Waals surface area contributed by atoms with Crippen molar-refractivity contribution in [2.45, 2.75) is 24.3 Å². The first-order chi connectivity index (χ1) is 16.4. The van der Waals surface area contributed by atoms with Crippen molar-refractivity contribution in [2.75, 3.05) is 18.4 Å². The number of nitrogens with one attached hydrogen (secondary N) is 1. The highest BCUT2D eigenvalue weighted by molar-refractivity contribution is 7.89. The summed E-state index contributed by atoms with van der Waals surface area (Å²) in [6.45, 7) is 0.356. The normalized spacial score (nSPS) is 12.1. The van der Waals surface area contributed by atoms with Crippen LogP contribution < -0.4 is 10.1 Å². The number of sulfonamides is 1. The van der Waals surface area contributed by atoms with E-state index in [1.54, 1.807) is 0 Å². The molecule has 172 valence electrons. The van der Waals surface area contributed by atoms with Crippen LogP contribution >= 0.6 is 11.3 Å². The molecule has 1 N–H and O–H groups in total. The second-order valence-corrected chi connectivity index (χ2v) is 10.3. The predicted octanol–water partition coefficient (Wildman–Crippen LogP) is 3.77. The maximum absolute atomic E-state index is 12.9. The zero-order valence-corrected chi connectivity index (χ0v) is 19.5. The summed E-state index contributed by atoms with van der Waals surface area (Å²) in [5.41, 5.74) is 1.91. The molecule has 1 aromatic heterocycles. The van der Waals surface area contributed by atoms with E-state index in [1.807, 2.05) is 36.4 Å². The molecular formula is C23H19N5O4S2. The Kier molecular flexibility index (Phi) is 6.89. The molecule has 0 unspecified atom stereocenters. The molecule has 9 nitrogen and oxygen atoms in total. The molecule has 4 rings (SSSR count). The van der Waals surface area contributed by atoms with Crippen molar-refractivity contribution in [1.82, 2.24) is 9.29 Å². The Morgan fingerprint density at radius 2 is 1.76 bits per heavy atom. The van der Waals surface area contributed by atoms with E-state index >= 15 is 0 Å². The summed E-state index contributed by atoms with van der Waals surface area (Å²) in [4.78, 5) is 18.2. The molecule has 2 aromatic carbocycles. The lowest BCUT2D eigenvalue weighted by molar-refractivity contribution is 0.102. The molecule has 0 bridgehead atoms. The lowest BCUT2D eigenvalue weighted by Crippen LogP contribution is -2.32. The summed E-state index contributed by atoms with van der Waals surface area (Å²) in [7, 11) is -3.90. The number of thiazole rings is 1. The summed E-state index contributed by atoms with van der Waals surface area (Å²) in [5.74, 6) is 0.323. The summed E-state index contributed by atoms with van der Waals surface area (Å²) in [6.07, 6.45) is 0.0247. The number of fused-ring (bicyclic) bond motifs is 3. The van der Waals surface area contributed by atoms with E-state index in [0.29, 0.717) is 11.7 Å². The third kappa shape index (κ3) is 4.77. The lowest BCUT2D eigenvalue weighted by atomic mass is 10.1. The molecule has 0 atom stereocenters. The van der Waals surface area contributed by atoms with Crippen molar-refractivity contribution < 1.29 is 17.9 Å². The largest absolute Gasteiger partial charge is 0.487 e. The average Bonchev–Trinajstić information content (AvgIpc) is 3.27. The minimum Gasteiger partial charge on any atom is -0.487 e. The van der Waals surface area contributed by atoms with Crippen LogP contribution in [0, 0.1) is 22.7 Å². The number of amides is 1. The number of aromatic nitrogens is 1. The SMILES string of the molecule is N#CCCN(CCC#N)S(=O)(=O)c1ccc(C(=O)Nc2nc3c(s2)COc2ccccc2-3)cc1. The number of anilines is 1. The number of ether oxygens (including phenoxy) is 1. The van der Waals surface area contributed by atoms with E-state index in [0.717, 1.165) is 26.2 Å². The molecule has 2 heterocycles. The van der Waals surface area contributed by atoms with Gasteiger partial charge in [0.25, 0.3) is 5.91 Å². The van der Waals surface area contributed by atoms with Gasteiger partial charge in [0.1, 0.15) is 12.4 Å². The first-order valence-corrected chi connectivity index (χ1v) is 12.6. The minimum absolute atomic E-state index is 0.00962. The van der Waals surface area contributed by atoms with Crippen molar-refractivity contribution in [2.24, 2.45) is 0 Å². The van der Waals surface area contributed by atoms with Crippen LogP contribution in [0.4, 0.5) is 5.13 Å². The number of carbonyl (C=O) groups excluding carboxylic acids is 1. The van der Waals surface area contributed by atoms with Gasteiger partial charge >= 0.3 is 0 Å². The number of hydrogen-bond acceptors (Lipinski definition) is 8. The number of hydrogen-bond donors (Lipinski definition) is 1. The van der Waals surface area contributed by atoms with Crippen molar-refractivity contribution in [3.05, 3.63) is 59.0 Å². The highest BCUT2D eigenvalue weighted by Gasteiger charge is 2.25. The molecule has 0 spiro atoms. The Bertz CT molecular complexity index is 1380. The number of benzene rings is 2. The third-order valence-corrected chi connectivity index (χ3v) is 7.98. The van der Waals surface area contributed by atoms with Crippen LogP contribution in [0.15, 0.2) is 53.4 Å². The molecule has 0 saturated carbocycles. The maximum Gasteiger partial charge on any atom is 0.257 e. The van der Waals surface area contributed by atoms with Gasteiger partial charge in [-0.25, -0.2) is 13.4 Å². The molecule has 1 aliphatic heterocycles. The topological polar surface area (TPSA) is 136 Å². The van der Waals surface area contributed by atoms with Crippen LogP contribution in [0.25, 0.3) is 11.3 Å². The summed E-state index contributed by atoms with van der Waals surface area (Å²) in [5, 5.41) is 20.8. The van der Waals surface area contributed by atoms with Crippen LogP contribution in [-0.2, 0) is 16.6 Å². The second-order valence-electron chi connectivity index (χ2n) is 7.27. The number of para-hydroxylation sites is 1. The van der Waals surface area contributed by atoms with Gasteiger partial charge in [-0.05, 0) is 36.4 Å². The molecule has 34 heavy (non-hydrogen) atoms. The standard InChI is InChI=1S/C23H19N5O4S2/c24-11-3-13-28(14-4-12-25)34(30,31)17-9-7-16(8-10-17)22(29)27-23-26-21-18-5-1-2-6-19(18)32-15-20(21)33-23/h1-2,5-10H,3-4,13-15H2,(H,26,27,29). The first-order valence-electron chi connectivity index (χ1n) is 10.3. The molecule has 0 aliphatic carbocycles. The number of carbonyl (C=O) groups is 1. The minimum atomic E-state index is -3.90. The fourth-order valence-corrected chi connectivity index (χ4v) is 5.77. The van der Waals surface area contributed by atoms with Gasteiger partial charge in [0.15, 0.2) is 5.13 Å². The predicted molar refractivity (Wildman–Crippen MR) is 125 cm³/mol. The van der Waals surface area contributed by atoms with Crippen LogP contribution in [-0.4, -0.2) is 36.7 Å². The molecule has 11 heteroatoms. The van der Waals surface area contributed by atoms with Gasteiger partial charge < -0.3 is 4.74 Å². The zero-order valence-electron chi connectivity index (χ0n) is 17.9. The zero-order chi connectivity index (χ0) is 24.1. The van der Waals surface area contributed by atoms with Gasteiger partial charge in [0, 0.05) is 37.1 Å². The summed E-state index contributed by atoms with van der Waals surface area (Å²) >= 11 is 1.33. The Balaban J connectivity index is 1.49. The first kappa shape index (κ1) is 23.4. The van der Waals surface area contributed by atoms with Gasteiger partial charge in [-0.1, -0.05) is 23.5 Å². The van der Waals surface area contributed by atoms with E-state index in [-0.39, 0.29) is 36.4 Å². The smallest absolute Gasteiger partial charge is 0.257 e. The highest BCUT2D eigenvalue weighted by atomic mass is 32.2. The van der Waals surface area contributed by atoms with Crippen LogP contribution in [0.1, 0.15) is 28.1 Å². The Hall–Kier alpha value is -3.77. The fraction of sp³-hybridized carbons (Fsp3) is 0.217. The van der Waals surface area contributed by atoms with Gasteiger partial charge in [-0.15, -0.1) is 0 Å². The van der Waals surface area contributed by atoms with Gasteiger partial charge in [0.05, 0.1) is 27.6 Å². The highest BCUT2D eigenvalue weighted by Crippen LogP contribution is 2.40. The average molecular weight is 494 g/mol. The lowest BCUT2D eigenvalue weighted by Gasteiger charge is -2.20. The quantitative estimate of drug-likeness (QED) is 0.504. The van der Waals surface area contributed by atoms with Crippen molar-refractivity contribution in [3.63, 3.8) is 0 Å². The van der Waals surface area contributed by atoms with Gasteiger partial charge in [-0.3, -0.25) is 10.1 Å². The summed E-state index contributed by atoms with van der Waals surface area (Å²) < 4.78 is 32.7. The van der Waals surface area contributed by atoms with E-state index in [2.05, 4.69) is 10.3 Å². The molecule has 0 radical (unpaired) electrons. The van der Waals surface area contributed by atoms with Crippen LogP contribution in [0.3, 0.4) is 0 Å². The van der Waals surface area contributed by atoms with Crippen LogP contribution in [0.5, 0.6) is 5.75 Å². The molecule has 3 aromatic rings. The Morgan fingerprint density at radius 3 is 2.44 bits per heavy atom. The van der Waals surface area contributed by atoms with E-state index < -0.39 is 15.9 Å². The second kappa shape index (κ2) is 10.0. The number of nitrogens with zero attached hydrogens (tertiary/aromatic N) is 4. The van der Waals surface area contributed by atoms with Crippen molar-refractivity contribution >= 4 is 32.4 Å². The third-order valence-electron chi connectivity index (χ3n) is 5.12. The molecule has 1 aliphatic rings. The van der Waals surface area contributed by atoms with Crippen LogP contribution in [0.2, 0.25) is 0 Å². The molecule has 1 amide bonds. The number of rotatable bonds is 8. The van der Waals surface area contributed by atoms with E-state index in [1.165, 1.54) is 35.6 Å². The Labute approximate surface area is 200 Å². The fourth-order valence-electron chi connectivity index (χ4n) is 3.44. The molecule has 0 fully saturated rings. The molecular weight excluding hydrogens is 474 g/mol. The summed E-state index contributed by atoms with van der Waals surface area (Å²) in [6, 6.07) is 16.9. The Morgan fingerprint density at radius 1 is 1.09 bits per heavy atom. The monoisotopic (exact) mass is 493 g/mol. The van der Waals surface area contributed by atoms with Crippen molar-refractivity contribution in [1.29, 1.82) is 10.5 Å². The molecule has 0 saturated heterocycles.